The topological polar surface area (TPSA) is 48.3 Å². The lowest BCUT2D eigenvalue weighted by Crippen LogP contribution is -2.03. The van der Waals surface area contributed by atoms with Gasteiger partial charge in [0, 0.05) is 40.0 Å². The molecule has 92 valence electrons. The molecule has 0 aliphatic carbocycles. The minimum Gasteiger partial charge on any atom is -0.385 e. The van der Waals surface area contributed by atoms with Crippen LogP contribution in [-0.2, 0) is 23.1 Å². The Hall–Kier alpha value is -1.07. The highest BCUT2D eigenvalue weighted by atomic mass is 16.5. The van der Waals surface area contributed by atoms with E-state index in [1.807, 2.05) is 25.7 Å². The molecule has 1 aromatic heterocycles. The average Bonchev–Trinajstić information content (AvgIpc) is 2.53. The van der Waals surface area contributed by atoms with Crippen molar-refractivity contribution in [3.8, 4) is 0 Å². The first-order chi connectivity index (χ1) is 7.70. The van der Waals surface area contributed by atoms with Gasteiger partial charge in [-0.1, -0.05) is 0 Å². The Balaban J connectivity index is 2.46. The lowest BCUT2D eigenvalue weighted by atomic mass is 10.2. The van der Waals surface area contributed by atoms with Crippen molar-refractivity contribution in [3.63, 3.8) is 0 Å². The summed E-state index contributed by atoms with van der Waals surface area (Å²) in [6.07, 6.45) is 0.921. The van der Waals surface area contributed by atoms with Gasteiger partial charge >= 0.3 is 0 Å². The highest BCUT2D eigenvalue weighted by Gasteiger charge is 2.11. The van der Waals surface area contributed by atoms with Crippen LogP contribution in [0.15, 0.2) is 0 Å². The van der Waals surface area contributed by atoms with Crippen molar-refractivity contribution in [2.75, 3.05) is 32.7 Å². The number of nitrogens with zero attached hydrogens (tertiary/aromatic N) is 2. The van der Waals surface area contributed by atoms with Gasteiger partial charge in [0.25, 0.3) is 0 Å². The SMILES string of the molecule is CNc1c(COCCCOC)c(C)nn1C. The minimum atomic E-state index is 0.597. The number of aryl methyl sites for hydroxylation is 2. The lowest BCUT2D eigenvalue weighted by molar-refractivity contribution is 0.0928. The maximum Gasteiger partial charge on any atom is 0.129 e. The molecule has 0 aromatic carbocycles. The van der Waals surface area contributed by atoms with Gasteiger partial charge in [0.15, 0.2) is 0 Å². The fraction of sp³-hybridized carbons (Fsp3) is 0.727. The molecule has 1 heterocycles. The molecule has 0 spiro atoms. The monoisotopic (exact) mass is 227 g/mol. The molecule has 0 saturated heterocycles. The predicted molar refractivity (Wildman–Crippen MR) is 63.6 cm³/mol. The molecule has 0 saturated carbocycles. The molecular weight excluding hydrogens is 206 g/mol. The van der Waals surface area contributed by atoms with Gasteiger partial charge in [0.05, 0.1) is 12.3 Å². The second-order valence-electron chi connectivity index (χ2n) is 3.69. The summed E-state index contributed by atoms with van der Waals surface area (Å²) in [5.74, 6) is 1.02. The molecule has 0 amide bonds. The van der Waals surface area contributed by atoms with E-state index >= 15 is 0 Å². The second-order valence-corrected chi connectivity index (χ2v) is 3.69. The van der Waals surface area contributed by atoms with Crippen molar-refractivity contribution in [1.29, 1.82) is 0 Å². The van der Waals surface area contributed by atoms with E-state index in [0.29, 0.717) is 13.2 Å². The second kappa shape index (κ2) is 6.50. The summed E-state index contributed by atoms with van der Waals surface area (Å²) < 4.78 is 12.4. The normalized spacial score (nSPS) is 10.8. The number of anilines is 1. The van der Waals surface area contributed by atoms with Crippen LogP contribution in [0.25, 0.3) is 0 Å². The third-order valence-electron chi connectivity index (χ3n) is 2.47. The van der Waals surface area contributed by atoms with Gasteiger partial charge in [-0.25, -0.2) is 0 Å². The van der Waals surface area contributed by atoms with Crippen LogP contribution in [0, 0.1) is 6.92 Å². The van der Waals surface area contributed by atoms with Crippen LogP contribution in [0.2, 0.25) is 0 Å². The fourth-order valence-electron chi connectivity index (χ4n) is 1.67. The van der Waals surface area contributed by atoms with Crippen molar-refractivity contribution < 1.29 is 9.47 Å². The number of rotatable bonds is 7. The highest BCUT2D eigenvalue weighted by molar-refractivity contribution is 5.46. The van der Waals surface area contributed by atoms with Crippen molar-refractivity contribution >= 4 is 5.82 Å². The summed E-state index contributed by atoms with van der Waals surface area (Å²) in [6, 6.07) is 0. The Morgan fingerprint density at radius 1 is 1.38 bits per heavy atom. The van der Waals surface area contributed by atoms with Crippen molar-refractivity contribution in [2.45, 2.75) is 20.0 Å². The number of nitrogens with one attached hydrogen (secondary N) is 1. The zero-order valence-corrected chi connectivity index (χ0v) is 10.5. The Kier molecular flexibility index (Phi) is 5.28. The predicted octanol–water partition coefficient (Wildman–Crippen LogP) is 1.32. The van der Waals surface area contributed by atoms with Gasteiger partial charge in [-0.3, -0.25) is 4.68 Å². The van der Waals surface area contributed by atoms with Crippen LogP contribution in [-0.4, -0.2) is 37.2 Å². The zero-order chi connectivity index (χ0) is 12.0. The average molecular weight is 227 g/mol. The summed E-state index contributed by atoms with van der Waals surface area (Å²) in [5, 5.41) is 7.48. The van der Waals surface area contributed by atoms with Crippen molar-refractivity contribution in [2.24, 2.45) is 7.05 Å². The van der Waals surface area contributed by atoms with E-state index in [9.17, 15) is 0 Å². The van der Waals surface area contributed by atoms with E-state index in [-0.39, 0.29) is 0 Å². The summed E-state index contributed by atoms with van der Waals surface area (Å²) in [5.41, 5.74) is 2.14. The van der Waals surface area contributed by atoms with E-state index in [1.165, 1.54) is 0 Å². The third-order valence-corrected chi connectivity index (χ3v) is 2.47. The lowest BCUT2D eigenvalue weighted by Gasteiger charge is -2.06. The van der Waals surface area contributed by atoms with Crippen LogP contribution in [0.4, 0.5) is 5.82 Å². The molecule has 0 aliphatic heterocycles. The number of ether oxygens (including phenoxy) is 2. The Morgan fingerprint density at radius 2 is 2.12 bits per heavy atom. The number of methoxy groups -OCH3 is 1. The third kappa shape index (κ3) is 3.21. The van der Waals surface area contributed by atoms with Crippen LogP contribution in [0.3, 0.4) is 0 Å². The van der Waals surface area contributed by atoms with E-state index in [4.69, 9.17) is 9.47 Å². The molecule has 0 unspecified atom stereocenters. The van der Waals surface area contributed by atoms with Crippen LogP contribution in [0.1, 0.15) is 17.7 Å². The molecule has 0 aliphatic rings. The van der Waals surface area contributed by atoms with Gasteiger partial charge in [-0.05, 0) is 13.3 Å². The first kappa shape index (κ1) is 13.0. The summed E-state index contributed by atoms with van der Waals surface area (Å²) in [4.78, 5) is 0. The molecule has 0 bridgehead atoms. The minimum absolute atomic E-state index is 0.597. The van der Waals surface area contributed by atoms with Gasteiger partial charge in [0.2, 0.25) is 0 Å². The molecule has 0 radical (unpaired) electrons. The molecule has 5 nitrogen and oxygen atoms in total. The molecule has 16 heavy (non-hydrogen) atoms. The number of hydrogen-bond acceptors (Lipinski definition) is 4. The van der Waals surface area contributed by atoms with Gasteiger partial charge in [-0.2, -0.15) is 5.10 Å². The molecule has 0 fully saturated rings. The Morgan fingerprint density at radius 3 is 2.75 bits per heavy atom. The summed E-state index contributed by atoms with van der Waals surface area (Å²) >= 11 is 0. The quantitative estimate of drug-likeness (QED) is 0.714. The highest BCUT2D eigenvalue weighted by Crippen LogP contribution is 2.18. The molecule has 1 rings (SSSR count). The maximum atomic E-state index is 5.59. The standard InChI is InChI=1S/C11H21N3O2/c1-9-10(8-16-7-5-6-15-4)11(12-2)14(3)13-9/h12H,5-8H2,1-4H3. The largest absolute Gasteiger partial charge is 0.385 e. The molecule has 5 heteroatoms. The summed E-state index contributed by atoms with van der Waals surface area (Å²) in [6.45, 7) is 4.05. The smallest absolute Gasteiger partial charge is 0.129 e. The van der Waals surface area contributed by atoms with E-state index < -0.39 is 0 Å². The molecule has 0 atom stereocenters. The number of hydrogen-bond donors (Lipinski definition) is 1. The maximum absolute atomic E-state index is 5.59. The Bertz CT molecular complexity index is 323. The van der Waals surface area contributed by atoms with Gasteiger partial charge in [0.1, 0.15) is 5.82 Å². The first-order valence-electron chi connectivity index (χ1n) is 5.47. The van der Waals surface area contributed by atoms with Gasteiger partial charge in [-0.15, -0.1) is 0 Å². The molecule has 1 aromatic rings. The first-order valence-corrected chi connectivity index (χ1v) is 5.47. The van der Waals surface area contributed by atoms with Crippen LogP contribution < -0.4 is 5.32 Å². The van der Waals surface area contributed by atoms with E-state index in [2.05, 4.69) is 10.4 Å². The van der Waals surface area contributed by atoms with Crippen molar-refractivity contribution in [3.05, 3.63) is 11.3 Å². The van der Waals surface area contributed by atoms with Gasteiger partial charge < -0.3 is 14.8 Å². The summed E-state index contributed by atoms with van der Waals surface area (Å²) in [7, 11) is 5.52. The Labute approximate surface area is 96.7 Å². The van der Waals surface area contributed by atoms with Crippen LogP contribution in [0.5, 0.6) is 0 Å². The van der Waals surface area contributed by atoms with Crippen molar-refractivity contribution in [1.82, 2.24) is 9.78 Å². The molecule has 1 N–H and O–H groups in total. The van der Waals surface area contributed by atoms with E-state index in [1.54, 1.807) is 7.11 Å². The zero-order valence-electron chi connectivity index (χ0n) is 10.5. The molecular formula is C11H21N3O2. The van der Waals surface area contributed by atoms with E-state index in [0.717, 1.165) is 30.1 Å². The number of aromatic nitrogens is 2. The van der Waals surface area contributed by atoms with Crippen LogP contribution >= 0.6 is 0 Å². The fourth-order valence-corrected chi connectivity index (χ4v) is 1.67.